The highest BCUT2D eigenvalue weighted by Gasteiger charge is 2.35. The maximum atomic E-state index is 12.6. The fourth-order valence-corrected chi connectivity index (χ4v) is 2.93. The van der Waals surface area contributed by atoms with E-state index in [4.69, 9.17) is 13.9 Å². The average molecular weight is 358 g/mol. The molecular formula is C19H22N2O5. The van der Waals surface area contributed by atoms with E-state index in [1.807, 2.05) is 0 Å². The van der Waals surface area contributed by atoms with Crippen molar-refractivity contribution in [3.05, 3.63) is 48.4 Å². The minimum absolute atomic E-state index is 0.199. The first-order valence-corrected chi connectivity index (χ1v) is 8.56. The van der Waals surface area contributed by atoms with Gasteiger partial charge in [0, 0.05) is 19.3 Å². The number of likely N-dealkylation sites (tertiary alicyclic amines) is 1. The molecule has 1 aliphatic rings. The van der Waals surface area contributed by atoms with Gasteiger partial charge in [-0.25, -0.2) is 0 Å². The molecule has 2 heterocycles. The number of carbonyl (C=O) groups excluding carboxylic acids is 2. The smallest absolute Gasteiger partial charge is 0.290 e. The lowest BCUT2D eigenvalue weighted by atomic mass is 10.2. The fourth-order valence-electron chi connectivity index (χ4n) is 2.93. The molecule has 1 fully saturated rings. The second-order valence-electron chi connectivity index (χ2n) is 5.99. The Bertz CT molecular complexity index is 727. The Morgan fingerprint density at radius 3 is 2.73 bits per heavy atom. The maximum Gasteiger partial charge on any atom is 0.290 e. The van der Waals surface area contributed by atoms with Gasteiger partial charge in [0.1, 0.15) is 18.4 Å². The molecule has 1 N–H and O–H groups in total. The lowest BCUT2D eigenvalue weighted by molar-refractivity contribution is -0.119. The molecule has 0 aliphatic carbocycles. The van der Waals surface area contributed by atoms with Gasteiger partial charge in [-0.15, -0.1) is 0 Å². The van der Waals surface area contributed by atoms with Crippen LogP contribution in [0, 0.1) is 0 Å². The van der Waals surface area contributed by atoms with Crippen LogP contribution in [-0.2, 0) is 9.53 Å². The van der Waals surface area contributed by atoms with E-state index in [0.29, 0.717) is 37.6 Å². The summed E-state index contributed by atoms with van der Waals surface area (Å²) in [6, 6.07) is 9.89. The van der Waals surface area contributed by atoms with Gasteiger partial charge in [-0.2, -0.15) is 0 Å². The van der Waals surface area contributed by atoms with Crippen LogP contribution in [0.15, 0.2) is 47.1 Å². The number of carbonyl (C=O) groups is 2. The Morgan fingerprint density at radius 2 is 2.04 bits per heavy atom. The van der Waals surface area contributed by atoms with Crippen molar-refractivity contribution < 1.29 is 23.5 Å². The van der Waals surface area contributed by atoms with Gasteiger partial charge in [0.15, 0.2) is 5.76 Å². The van der Waals surface area contributed by atoms with Gasteiger partial charge in [-0.05, 0) is 49.2 Å². The summed E-state index contributed by atoms with van der Waals surface area (Å²) in [6.45, 7) is 1.53. The molecule has 2 aromatic rings. The molecule has 2 amide bonds. The summed E-state index contributed by atoms with van der Waals surface area (Å²) < 4.78 is 15.6. The highest BCUT2D eigenvalue weighted by molar-refractivity contribution is 6.00. The Labute approximate surface area is 151 Å². The number of ether oxygens (including phenoxy) is 2. The minimum atomic E-state index is -0.495. The number of benzene rings is 1. The van der Waals surface area contributed by atoms with E-state index in [0.717, 1.165) is 6.42 Å². The summed E-state index contributed by atoms with van der Waals surface area (Å²) >= 11 is 0. The minimum Gasteiger partial charge on any atom is -0.491 e. The van der Waals surface area contributed by atoms with Crippen molar-refractivity contribution in [3.8, 4) is 5.75 Å². The number of rotatable bonds is 7. The SMILES string of the molecule is COCCOc1ccc(NC(=O)C2CCCN2C(=O)c2ccco2)cc1. The Hall–Kier alpha value is -2.80. The van der Waals surface area contributed by atoms with Crippen molar-refractivity contribution in [2.75, 3.05) is 32.2 Å². The molecule has 0 radical (unpaired) electrons. The molecule has 0 saturated carbocycles. The molecule has 7 nitrogen and oxygen atoms in total. The largest absolute Gasteiger partial charge is 0.491 e. The lowest BCUT2D eigenvalue weighted by Crippen LogP contribution is -2.43. The van der Waals surface area contributed by atoms with E-state index in [-0.39, 0.29) is 17.6 Å². The van der Waals surface area contributed by atoms with Crippen LogP contribution in [0.4, 0.5) is 5.69 Å². The second kappa shape index (κ2) is 8.53. The molecule has 3 rings (SSSR count). The summed E-state index contributed by atoms with van der Waals surface area (Å²) in [6.07, 6.45) is 2.88. The molecule has 0 bridgehead atoms. The van der Waals surface area contributed by atoms with Crippen LogP contribution >= 0.6 is 0 Å². The molecule has 1 aromatic carbocycles. The number of anilines is 1. The van der Waals surface area contributed by atoms with Crippen LogP contribution in [0.1, 0.15) is 23.4 Å². The Balaban J connectivity index is 1.59. The Kier molecular flexibility index (Phi) is 5.91. The predicted octanol–water partition coefficient (Wildman–Crippen LogP) is 2.55. The molecule has 0 spiro atoms. The predicted molar refractivity (Wildman–Crippen MR) is 95.2 cm³/mol. The summed E-state index contributed by atoms with van der Waals surface area (Å²) in [5.74, 6) is 0.503. The van der Waals surface area contributed by atoms with Gasteiger partial charge in [-0.1, -0.05) is 0 Å². The highest BCUT2D eigenvalue weighted by atomic mass is 16.5. The standard InChI is InChI=1S/C19H22N2O5/c1-24-12-13-25-15-8-6-14(7-9-15)20-18(22)16-4-2-10-21(16)19(23)17-5-3-11-26-17/h3,5-9,11,16H,2,4,10,12-13H2,1H3,(H,20,22). The van der Waals surface area contributed by atoms with E-state index >= 15 is 0 Å². The number of nitrogens with one attached hydrogen (secondary N) is 1. The lowest BCUT2D eigenvalue weighted by Gasteiger charge is -2.23. The summed E-state index contributed by atoms with van der Waals surface area (Å²) in [7, 11) is 1.62. The van der Waals surface area contributed by atoms with Gasteiger partial charge in [0.05, 0.1) is 12.9 Å². The van der Waals surface area contributed by atoms with Crippen LogP contribution < -0.4 is 10.1 Å². The molecule has 138 valence electrons. The zero-order valence-electron chi connectivity index (χ0n) is 14.6. The zero-order valence-corrected chi connectivity index (χ0v) is 14.6. The van der Waals surface area contributed by atoms with Crippen molar-refractivity contribution >= 4 is 17.5 Å². The maximum absolute atomic E-state index is 12.6. The van der Waals surface area contributed by atoms with E-state index < -0.39 is 6.04 Å². The fraction of sp³-hybridized carbons (Fsp3) is 0.368. The van der Waals surface area contributed by atoms with Gasteiger partial charge in [0.25, 0.3) is 5.91 Å². The van der Waals surface area contributed by atoms with Gasteiger partial charge in [-0.3, -0.25) is 9.59 Å². The number of methoxy groups -OCH3 is 1. The van der Waals surface area contributed by atoms with Crippen LogP contribution in [-0.4, -0.2) is 49.6 Å². The Morgan fingerprint density at radius 1 is 1.23 bits per heavy atom. The van der Waals surface area contributed by atoms with E-state index in [1.54, 1.807) is 48.4 Å². The van der Waals surface area contributed by atoms with Crippen LogP contribution in [0.3, 0.4) is 0 Å². The van der Waals surface area contributed by atoms with Crippen LogP contribution in [0.25, 0.3) is 0 Å². The summed E-state index contributed by atoms with van der Waals surface area (Å²) in [5, 5.41) is 2.86. The number of hydrogen-bond donors (Lipinski definition) is 1. The number of furan rings is 1. The molecule has 7 heteroatoms. The topological polar surface area (TPSA) is 81.0 Å². The third-order valence-electron chi connectivity index (χ3n) is 4.23. The first-order chi connectivity index (χ1) is 12.7. The third-order valence-corrected chi connectivity index (χ3v) is 4.23. The number of amides is 2. The first-order valence-electron chi connectivity index (χ1n) is 8.56. The van der Waals surface area contributed by atoms with E-state index in [1.165, 1.54) is 6.26 Å². The number of nitrogens with zero attached hydrogens (tertiary/aromatic N) is 1. The highest BCUT2D eigenvalue weighted by Crippen LogP contribution is 2.23. The average Bonchev–Trinajstić information content (AvgIpc) is 3.35. The van der Waals surface area contributed by atoms with E-state index in [9.17, 15) is 9.59 Å². The molecule has 26 heavy (non-hydrogen) atoms. The van der Waals surface area contributed by atoms with Gasteiger partial charge >= 0.3 is 0 Å². The first kappa shape index (κ1) is 18.0. The summed E-state index contributed by atoms with van der Waals surface area (Å²) in [4.78, 5) is 26.6. The van der Waals surface area contributed by atoms with Crippen molar-refractivity contribution in [2.24, 2.45) is 0 Å². The molecule has 1 aromatic heterocycles. The van der Waals surface area contributed by atoms with Crippen LogP contribution in [0.5, 0.6) is 5.75 Å². The normalized spacial score (nSPS) is 16.5. The third kappa shape index (κ3) is 4.23. The van der Waals surface area contributed by atoms with Gasteiger partial charge < -0.3 is 24.1 Å². The molecule has 1 atom stereocenters. The van der Waals surface area contributed by atoms with Crippen molar-refractivity contribution in [1.82, 2.24) is 4.90 Å². The second-order valence-corrected chi connectivity index (χ2v) is 5.99. The van der Waals surface area contributed by atoms with Crippen molar-refractivity contribution in [1.29, 1.82) is 0 Å². The van der Waals surface area contributed by atoms with Crippen LogP contribution in [0.2, 0.25) is 0 Å². The monoisotopic (exact) mass is 358 g/mol. The zero-order chi connectivity index (χ0) is 18.4. The molecule has 1 aliphatic heterocycles. The number of hydrogen-bond acceptors (Lipinski definition) is 5. The van der Waals surface area contributed by atoms with Crippen molar-refractivity contribution in [2.45, 2.75) is 18.9 Å². The van der Waals surface area contributed by atoms with Crippen molar-refractivity contribution in [3.63, 3.8) is 0 Å². The quantitative estimate of drug-likeness (QED) is 0.770. The molecule has 1 saturated heterocycles. The molecular weight excluding hydrogens is 336 g/mol. The molecule has 1 unspecified atom stereocenters. The van der Waals surface area contributed by atoms with E-state index in [2.05, 4.69) is 5.32 Å². The summed E-state index contributed by atoms with van der Waals surface area (Å²) in [5.41, 5.74) is 0.659. The van der Waals surface area contributed by atoms with Gasteiger partial charge in [0.2, 0.25) is 5.91 Å².